The fourth-order valence-electron chi connectivity index (χ4n) is 3.81. The van der Waals surface area contributed by atoms with Crippen molar-refractivity contribution in [1.82, 2.24) is 4.98 Å². The molecule has 0 fully saturated rings. The van der Waals surface area contributed by atoms with Gasteiger partial charge >= 0.3 is 5.97 Å². The quantitative estimate of drug-likeness (QED) is 0.612. The van der Waals surface area contributed by atoms with Crippen LogP contribution in [0, 0.1) is 5.92 Å². The molecule has 1 aliphatic rings. The average molecular weight is 381 g/mol. The number of Topliss-reactive ketones (excluding diaryl/α,β-unsaturated/α-hetero) is 1. The molecule has 6 heteroatoms. The fraction of sp³-hybridized carbons (Fsp3) is 0.409. The van der Waals surface area contributed by atoms with Crippen LogP contribution < -0.4 is 10.6 Å². The Labute approximate surface area is 165 Å². The average Bonchev–Trinajstić information content (AvgIpc) is 3.01. The first-order chi connectivity index (χ1) is 13.3. The Morgan fingerprint density at radius 2 is 2.04 bits per heavy atom. The standard InChI is InChI=1S/C22H27N3O3/c1-5-28-21(27)22(23)17-9-7-6-8-15(17)12-18(22)20(26)16-10-11-24-13-19(16)25(4)14(2)3/h6-11,13-14,18H,5,12,23H2,1-4H3. The van der Waals surface area contributed by atoms with Gasteiger partial charge in [-0.2, -0.15) is 0 Å². The van der Waals surface area contributed by atoms with Crippen LogP contribution in [-0.4, -0.2) is 36.4 Å². The first-order valence-electron chi connectivity index (χ1n) is 9.57. The molecule has 0 saturated heterocycles. The minimum Gasteiger partial charge on any atom is -0.464 e. The summed E-state index contributed by atoms with van der Waals surface area (Å²) in [6, 6.07) is 9.33. The first-order valence-corrected chi connectivity index (χ1v) is 9.57. The van der Waals surface area contributed by atoms with E-state index in [2.05, 4.69) is 4.98 Å². The molecule has 2 atom stereocenters. The number of esters is 1. The summed E-state index contributed by atoms with van der Waals surface area (Å²) in [6.07, 6.45) is 3.67. The molecule has 2 aromatic rings. The van der Waals surface area contributed by atoms with Crippen molar-refractivity contribution < 1.29 is 14.3 Å². The topological polar surface area (TPSA) is 85.5 Å². The van der Waals surface area contributed by atoms with Crippen molar-refractivity contribution in [3.63, 3.8) is 0 Å². The van der Waals surface area contributed by atoms with Crippen LogP contribution >= 0.6 is 0 Å². The Morgan fingerprint density at radius 1 is 1.32 bits per heavy atom. The minimum atomic E-state index is -1.50. The number of aromatic nitrogens is 1. The maximum Gasteiger partial charge on any atom is 0.331 e. The third-order valence-electron chi connectivity index (χ3n) is 5.59. The van der Waals surface area contributed by atoms with Crippen LogP contribution in [0.2, 0.25) is 0 Å². The summed E-state index contributed by atoms with van der Waals surface area (Å²) in [4.78, 5) is 32.7. The van der Waals surface area contributed by atoms with Gasteiger partial charge in [0.15, 0.2) is 11.3 Å². The lowest BCUT2D eigenvalue weighted by Crippen LogP contribution is -2.52. The number of carbonyl (C=O) groups is 2. The summed E-state index contributed by atoms with van der Waals surface area (Å²) in [6.45, 7) is 6.02. The molecule has 0 spiro atoms. The van der Waals surface area contributed by atoms with E-state index < -0.39 is 17.4 Å². The zero-order chi connectivity index (χ0) is 20.5. The number of nitrogens with two attached hydrogens (primary N) is 1. The maximum atomic E-state index is 13.6. The van der Waals surface area contributed by atoms with Crippen molar-refractivity contribution >= 4 is 17.4 Å². The molecule has 1 heterocycles. The monoisotopic (exact) mass is 381 g/mol. The SMILES string of the molecule is CCOC(=O)C1(N)c2ccccc2CC1C(=O)c1ccncc1N(C)C(C)C. The number of ether oxygens (including phenoxy) is 1. The number of hydrogen-bond donors (Lipinski definition) is 1. The van der Waals surface area contributed by atoms with Gasteiger partial charge in [-0.15, -0.1) is 0 Å². The Kier molecular flexibility index (Phi) is 5.52. The zero-order valence-electron chi connectivity index (χ0n) is 16.8. The van der Waals surface area contributed by atoms with Crippen molar-refractivity contribution in [2.45, 2.75) is 38.8 Å². The summed E-state index contributed by atoms with van der Waals surface area (Å²) < 4.78 is 5.28. The van der Waals surface area contributed by atoms with Crippen LogP contribution in [-0.2, 0) is 21.5 Å². The van der Waals surface area contributed by atoms with E-state index in [1.165, 1.54) is 0 Å². The number of benzene rings is 1. The van der Waals surface area contributed by atoms with Gasteiger partial charge in [-0.1, -0.05) is 24.3 Å². The van der Waals surface area contributed by atoms with Crippen LogP contribution in [0.1, 0.15) is 42.3 Å². The lowest BCUT2D eigenvalue weighted by molar-refractivity contribution is -0.151. The number of fused-ring (bicyclic) bond motifs is 1. The highest BCUT2D eigenvalue weighted by Gasteiger charge is 2.54. The van der Waals surface area contributed by atoms with Crippen LogP contribution in [0.15, 0.2) is 42.7 Å². The molecule has 2 unspecified atom stereocenters. The Bertz CT molecular complexity index is 896. The van der Waals surface area contributed by atoms with Gasteiger partial charge in [0, 0.05) is 24.8 Å². The highest BCUT2D eigenvalue weighted by molar-refractivity contribution is 6.07. The highest BCUT2D eigenvalue weighted by Crippen LogP contribution is 2.43. The second-order valence-electron chi connectivity index (χ2n) is 7.47. The molecule has 148 valence electrons. The summed E-state index contributed by atoms with van der Waals surface area (Å²) >= 11 is 0. The second kappa shape index (κ2) is 7.72. The van der Waals surface area contributed by atoms with Crippen molar-refractivity contribution in [2.24, 2.45) is 11.7 Å². The van der Waals surface area contributed by atoms with Crippen LogP contribution in [0.4, 0.5) is 5.69 Å². The number of pyridine rings is 1. The van der Waals surface area contributed by atoms with Crippen LogP contribution in [0.25, 0.3) is 0 Å². The van der Waals surface area contributed by atoms with Gasteiger partial charge in [-0.05, 0) is 44.4 Å². The fourth-order valence-corrected chi connectivity index (χ4v) is 3.81. The summed E-state index contributed by atoms with van der Waals surface area (Å²) in [5, 5.41) is 0. The molecular weight excluding hydrogens is 354 g/mol. The molecule has 3 rings (SSSR count). The molecule has 0 aliphatic heterocycles. The third-order valence-corrected chi connectivity index (χ3v) is 5.59. The molecule has 0 saturated carbocycles. The van der Waals surface area contributed by atoms with Crippen LogP contribution in [0.3, 0.4) is 0 Å². The maximum absolute atomic E-state index is 13.6. The van der Waals surface area contributed by atoms with Gasteiger partial charge in [-0.3, -0.25) is 9.78 Å². The molecule has 6 nitrogen and oxygen atoms in total. The number of anilines is 1. The first kappa shape index (κ1) is 20.0. The Hall–Kier alpha value is -2.73. The molecule has 0 bridgehead atoms. The number of carbonyl (C=O) groups excluding carboxylic acids is 2. The van der Waals surface area contributed by atoms with E-state index in [4.69, 9.17) is 10.5 Å². The summed E-state index contributed by atoms with van der Waals surface area (Å²) in [7, 11) is 1.92. The molecule has 0 amide bonds. The van der Waals surface area contributed by atoms with Crippen molar-refractivity contribution in [2.75, 3.05) is 18.6 Å². The molecule has 1 aromatic heterocycles. The smallest absolute Gasteiger partial charge is 0.331 e. The highest BCUT2D eigenvalue weighted by atomic mass is 16.5. The van der Waals surface area contributed by atoms with E-state index in [9.17, 15) is 9.59 Å². The molecule has 28 heavy (non-hydrogen) atoms. The normalized spacial score (nSPS) is 20.7. The Balaban J connectivity index is 2.08. The number of hydrogen-bond acceptors (Lipinski definition) is 6. The van der Waals surface area contributed by atoms with Gasteiger partial charge in [0.25, 0.3) is 0 Å². The summed E-state index contributed by atoms with van der Waals surface area (Å²) in [5.74, 6) is -1.46. The molecule has 1 aliphatic carbocycles. The van der Waals surface area contributed by atoms with Gasteiger partial charge in [-0.25, -0.2) is 4.79 Å². The van der Waals surface area contributed by atoms with E-state index in [1.54, 1.807) is 25.4 Å². The third kappa shape index (κ3) is 3.18. The van der Waals surface area contributed by atoms with E-state index in [0.717, 1.165) is 11.3 Å². The lowest BCUT2D eigenvalue weighted by Gasteiger charge is -2.31. The van der Waals surface area contributed by atoms with Gasteiger partial charge in [0.05, 0.1) is 24.4 Å². The van der Waals surface area contributed by atoms with E-state index in [0.29, 0.717) is 17.5 Å². The predicted molar refractivity (Wildman–Crippen MR) is 108 cm³/mol. The van der Waals surface area contributed by atoms with Gasteiger partial charge in [0.2, 0.25) is 0 Å². The summed E-state index contributed by atoms with van der Waals surface area (Å²) in [5.41, 5.74) is 7.96. The van der Waals surface area contributed by atoms with Crippen molar-refractivity contribution in [3.05, 3.63) is 59.4 Å². The molecule has 2 N–H and O–H groups in total. The van der Waals surface area contributed by atoms with E-state index >= 15 is 0 Å². The number of ketones is 1. The van der Waals surface area contributed by atoms with Crippen molar-refractivity contribution in [3.8, 4) is 0 Å². The minimum absolute atomic E-state index is 0.170. The van der Waals surface area contributed by atoms with Gasteiger partial charge < -0.3 is 15.4 Å². The molecule has 1 aromatic carbocycles. The number of rotatable bonds is 6. The van der Waals surface area contributed by atoms with E-state index in [-0.39, 0.29) is 18.4 Å². The lowest BCUT2D eigenvalue weighted by atomic mass is 9.79. The van der Waals surface area contributed by atoms with E-state index in [1.807, 2.05) is 50.1 Å². The zero-order valence-corrected chi connectivity index (χ0v) is 16.8. The number of nitrogens with zero attached hydrogens (tertiary/aromatic N) is 2. The molecular formula is C22H27N3O3. The largest absolute Gasteiger partial charge is 0.464 e. The van der Waals surface area contributed by atoms with Gasteiger partial charge in [0.1, 0.15) is 0 Å². The van der Waals surface area contributed by atoms with Crippen molar-refractivity contribution in [1.29, 1.82) is 0 Å². The second-order valence-corrected chi connectivity index (χ2v) is 7.47. The van der Waals surface area contributed by atoms with Crippen LogP contribution in [0.5, 0.6) is 0 Å². The Morgan fingerprint density at radius 3 is 2.71 bits per heavy atom. The molecule has 0 radical (unpaired) electrons. The predicted octanol–water partition coefficient (Wildman–Crippen LogP) is 2.70.